The SMILES string of the molecule is CCCC(=O)N1CCCCC1C(=O)NCc1cn(CC(=O)O)nn1. The van der Waals surface area contributed by atoms with Crippen molar-refractivity contribution < 1.29 is 19.5 Å². The fourth-order valence-corrected chi connectivity index (χ4v) is 2.79. The molecule has 2 heterocycles. The predicted octanol–water partition coefficient (Wildman–Crippen LogP) is 0.160. The van der Waals surface area contributed by atoms with Crippen LogP contribution in [0.2, 0.25) is 0 Å². The summed E-state index contributed by atoms with van der Waals surface area (Å²) < 4.78 is 1.20. The Morgan fingerprint density at radius 3 is 2.88 bits per heavy atom. The summed E-state index contributed by atoms with van der Waals surface area (Å²) in [6.07, 6.45) is 5.19. The highest BCUT2D eigenvalue weighted by atomic mass is 16.4. The number of likely N-dealkylation sites (tertiary alicyclic amines) is 1. The minimum absolute atomic E-state index is 0.0183. The molecule has 2 N–H and O–H groups in total. The molecule has 9 heteroatoms. The van der Waals surface area contributed by atoms with Crippen molar-refractivity contribution in [2.75, 3.05) is 6.54 Å². The summed E-state index contributed by atoms with van der Waals surface area (Å²) in [5, 5.41) is 19.0. The lowest BCUT2D eigenvalue weighted by molar-refractivity contribution is -0.142. The fraction of sp³-hybridized carbons (Fsp3) is 0.667. The van der Waals surface area contributed by atoms with Crippen LogP contribution >= 0.6 is 0 Å². The van der Waals surface area contributed by atoms with Crippen molar-refractivity contribution in [1.29, 1.82) is 0 Å². The highest BCUT2D eigenvalue weighted by Gasteiger charge is 2.31. The summed E-state index contributed by atoms with van der Waals surface area (Å²) >= 11 is 0. The molecular weight excluding hydrogens is 314 g/mol. The number of piperidine rings is 1. The molecule has 9 nitrogen and oxygen atoms in total. The van der Waals surface area contributed by atoms with E-state index in [-0.39, 0.29) is 24.9 Å². The van der Waals surface area contributed by atoms with E-state index in [1.807, 2.05) is 6.92 Å². The summed E-state index contributed by atoms with van der Waals surface area (Å²) in [4.78, 5) is 36.9. The first kappa shape index (κ1) is 17.9. The Morgan fingerprint density at radius 2 is 2.17 bits per heavy atom. The highest BCUT2D eigenvalue weighted by Crippen LogP contribution is 2.18. The number of hydrogen-bond donors (Lipinski definition) is 2. The summed E-state index contributed by atoms with van der Waals surface area (Å²) in [6.45, 7) is 2.44. The molecule has 24 heavy (non-hydrogen) atoms. The van der Waals surface area contributed by atoms with Gasteiger partial charge in [0.05, 0.1) is 12.7 Å². The number of hydrogen-bond acceptors (Lipinski definition) is 5. The van der Waals surface area contributed by atoms with E-state index in [4.69, 9.17) is 5.11 Å². The van der Waals surface area contributed by atoms with Crippen molar-refractivity contribution in [3.05, 3.63) is 11.9 Å². The third kappa shape index (κ3) is 4.77. The first-order valence-corrected chi connectivity index (χ1v) is 8.19. The van der Waals surface area contributed by atoms with Gasteiger partial charge in [0.1, 0.15) is 18.3 Å². The van der Waals surface area contributed by atoms with Gasteiger partial charge in [0, 0.05) is 13.0 Å². The van der Waals surface area contributed by atoms with Gasteiger partial charge >= 0.3 is 5.97 Å². The Hall–Kier alpha value is -2.45. The van der Waals surface area contributed by atoms with Gasteiger partial charge in [-0.1, -0.05) is 12.1 Å². The highest BCUT2D eigenvalue weighted by molar-refractivity contribution is 5.87. The van der Waals surface area contributed by atoms with Crippen molar-refractivity contribution in [1.82, 2.24) is 25.2 Å². The van der Waals surface area contributed by atoms with E-state index in [2.05, 4.69) is 15.6 Å². The Labute approximate surface area is 140 Å². The lowest BCUT2D eigenvalue weighted by Gasteiger charge is -2.34. The van der Waals surface area contributed by atoms with E-state index in [1.54, 1.807) is 4.90 Å². The molecule has 1 unspecified atom stereocenters. The monoisotopic (exact) mass is 337 g/mol. The quantitative estimate of drug-likeness (QED) is 0.732. The van der Waals surface area contributed by atoms with Crippen LogP contribution in [0.15, 0.2) is 6.20 Å². The molecule has 1 aromatic rings. The second-order valence-electron chi connectivity index (χ2n) is 5.87. The Bertz CT molecular complexity index is 600. The van der Waals surface area contributed by atoms with Crippen LogP contribution in [0.1, 0.15) is 44.7 Å². The molecule has 1 atom stereocenters. The first-order valence-electron chi connectivity index (χ1n) is 8.19. The van der Waals surface area contributed by atoms with Crippen molar-refractivity contribution in [2.45, 2.75) is 58.2 Å². The molecule has 1 saturated heterocycles. The smallest absolute Gasteiger partial charge is 0.325 e. The van der Waals surface area contributed by atoms with Crippen LogP contribution in [-0.4, -0.2) is 55.4 Å². The average Bonchev–Trinajstić information content (AvgIpc) is 2.99. The molecule has 1 aromatic heterocycles. The van der Waals surface area contributed by atoms with Gasteiger partial charge in [-0.05, 0) is 25.7 Å². The van der Waals surface area contributed by atoms with Crippen LogP contribution in [0.5, 0.6) is 0 Å². The van der Waals surface area contributed by atoms with E-state index in [0.29, 0.717) is 25.1 Å². The largest absolute Gasteiger partial charge is 0.480 e. The summed E-state index contributed by atoms with van der Waals surface area (Å²) in [7, 11) is 0. The second-order valence-corrected chi connectivity index (χ2v) is 5.87. The minimum Gasteiger partial charge on any atom is -0.480 e. The first-order chi connectivity index (χ1) is 11.5. The third-order valence-corrected chi connectivity index (χ3v) is 3.92. The molecule has 1 aliphatic rings. The summed E-state index contributed by atoms with van der Waals surface area (Å²) in [5.41, 5.74) is 0.479. The molecule has 0 bridgehead atoms. The van der Waals surface area contributed by atoms with Crippen molar-refractivity contribution in [2.24, 2.45) is 0 Å². The molecule has 0 spiro atoms. The second kappa shape index (κ2) is 8.42. The molecule has 0 aromatic carbocycles. The Balaban J connectivity index is 1.91. The van der Waals surface area contributed by atoms with Crippen LogP contribution < -0.4 is 5.32 Å². The van der Waals surface area contributed by atoms with Gasteiger partial charge in [-0.3, -0.25) is 14.4 Å². The van der Waals surface area contributed by atoms with Crippen LogP contribution in [0.3, 0.4) is 0 Å². The number of aromatic nitrogens is 3. The van der Waals surface area contributed by atoms with Crippen LogP contribution in [0, 0.1) is 0 Å². The third-order valence-electron chi connectivity index (χ3n) is 3.92. The molecule has 1 fully saturated rings. The number of carbonyl (C=O) groups excluding carboxylic acids is 2. The maximum absolute atomic E-state index is 12.4. The number of carbonyl (C=O) groups is 3. The Morgan fingerprint density at radius 1 is 1.38 bits per heavy atom. The van der Waals surface area contributed by atoms with E-state index >= 15 is 0 Å². The summed E-state index contributed by atoms with van der Waals surface area (Å²) in [6, 6.07) is -0.438. The number of carboxylic acid groups (broad SMARTS) is 1. The van der Waals surface area contributed by atoms with E-state index < -0.39 is 12.0 Å². The van der Waals surface area contributed by atoms with Crippen LogP contribution in [-0.2, 0) is 27.5 Å². The number of aliphatic carboxylic acids is 1. The minimum atomic E-state index is -1.01. The molecule has 0 saturated carbocycles. The standard InChI is InChI=1S/C15H23N5O4/c1-2-5-13(21)20-7-4-3-6-12(20)15(24)16-8-11-9-19(18-17-11)10-14(22)23/h9,12H,2-8,10H2,1H3,(H,16,24)(H,22,23). The van der Waals surface area contributed by atoms with Crippen LogP contribution in [0.25, 0.3) is 0 Å². The Kier molecular flexibility index (Phi) is 6.28. The number of nitrogens with one attached hydrogen (secondary N) is 1. The van der Waals surface area contributed by atoms with Crippen LogP contribution in [0.4, 0.5) is 0 Å². The number of nitrogens with zero attached hydrogens (tertiary/aromatic N) is 4. The maximum atomic E-state index is 12.4. The van der Waals surface area contributed by atoms with E-state index in [0.717, 1.165) is 19.3 Å². The van der Waals surface area contributed by atoms with E-state index in [9.17, 15) is 14.4 Å². The molecule has 2 amide bonds. The zero-order valence-electron chi connectivity index (χ0n) is 13.8. The van der Waals surface area contributed by atoms with Gasteiger partial charge in [0.2, 0.25) is 11.8 Å². The normalized spacial score (nSPS) is 17.5. The van der Waals surface area contributed by atoms with Crippen molar-refractivity contribution in [3.63, 3.8) is 0 Å². The number of rotatable bonds is 7. The van der Waals surface area contributed by atoms with Crippen molar-refractivity contribution in [3.8, 4) is 0 Å². The molecular formula is C15H23N5O4. The zero-order valence-corrected chi connectivity index (χ0v) is 13.8. The molecule has 0 aliphatic carbocycles. The van der Waals surface area contributed by atoms with Gasteiger partial charge < -0.3 is 15.3 Å². The van der Waals surface area contributed by atoms with Gasteiger partial charge in [-0.2, -0.15) is 0 Å². The molecule has 2 rings (SSSR count). The van der Waals surface area contributed by atoms with Gasteiger partial charge in [-0.25, -0.2) is 4.68 Å². The number of amides is 2. The lowest BCUT2D eigenvalue weighted by Crippen LogP contribution is -2.51. The van der Waals surface area contributed by atoms with Gasteiger partial charge in [0.15, 0.2) is 0 Å². The fourth-order valence-electron chi connectivity index (χ4n) is 2.79. The summed E-state index contributed by atoms with van der Waals surface area (Å²) in [5.74, 6) is -1.19. The topological polar surface area (TPSA) is 117 Å². The lowest BCUT2D eigenvalue weighted by atomic mass is 10.0. The number of carboxylic acids is 1. The molecule has 1 aliphatic heterocycles. The van der Waals surface area contributed by atoms with Gasteiger partial charge in [0.25, 0.3) is 0 Å². The average molecular weight is 337 g/mol. The van der Waals surface area contributed by atoms with Gasteiger partial charge in [-0.15, -0.1) is 5.10 Å². The zero-order chi connectivity index (χ0) is 17.5. The molecule has 0 radical (unpaired) electrons. The maximum Gasteiger partial charge on any atom is 0.325 e. The van der Waals surface area contributed by atoms with E-state index in [1.165, 1.54) is 10.9 Å². The predicted molar refractivity (Wildman–Crippen MR) is 83.8 cm³/mol. The molecule has 132 valence electrons. The van der Waals surface area contributed by atoms with Crippen molar-refractivity contribution >= 4 is 17.8 Å².